The number of nitrogens with two attached hydrogens (primary N) is 1. The van der Waals surface area contributed by atoms with Gasteiger partial charge in [0.2, 0.25) is 11.8 Å². The maximum absolute atomic E-state index is 12.5. The van der Waals surface area contributed by atoms with Crippen LogP contribution in [0.4, 0.5) is 0 Å². The minimum Gasteiger partial charge on any atom is -0.493 e. The Kier molecular flexibility index (Phi) is 5.02. The predicted molar refractivity (Wildman–Crippen MR) is 91.7 cm³/mol. The van der Waals surface area contributed by atoms with Gasteiger partial charge in [-0.3, -0.25) is 14.3 Å². The van der Waals surface area contributed by atoms with E-state index in [1.54, 1.807) is 15.8 Å². The Labute approximate surface area is 146 Å². The van der Waals surface area contributed by atoms with E-state index in [1.165, 1.54) is 0 Å². The normalized spacial score (nSPS) is 19.8. The van der Waals surface area contributed by atoms with Crippen LogP contribution in [0.25, 0.3) is 0 Å². The molecule has 0 saturated carbocycles. The largest absolute Gasteiger partial charge is 0.493 e. The van der Waals surface area contributed by atoms with Crippen molar-refractivity contribution in [3.05, 3.63) is 48.3 Å². The molecule has 25 heavy (non-hydrogen) atoms. The number of aryl methyl sites for hydroxylation is 1. The molecule has 2 aromatic rings. The number of benzene rings is 1. The van der Waals surface area contributed by atoms with Crippen LogP contribution in [0.2, 0.25) is 0 Å². The molecule has 2 atom stereocenters. The summed E-state index contributed by atoms with van der Waals surface area (Å²) in [6.07, 6.45) is 3.52. The molecule has 1 aromatic heterocycles. The molecule has 1 aromatic carbocycles. The van der Waals surface area contributed by atoms with Crippen molar-refractivity contribution in [2.75, 3.05) is 19.7 Å². The second-order valence-electron chi connectivity index (χ2n) is 6.41. The number of para-hydroxylation sites is 1. The smallest absolute Gasteiger partial charge is 0.244 e. The third kappa shape index (κ3) is 4.17. The highest BCUT2D eigenvalue weighted by Gasteiger charge is 2.39. The number of rotatable bonds is 6. The average molecular weight is 342 g/mol. The lowest BCUT2D eigenvalue weighted by Crippen LogP contribution is -2.34. The second-order valence-corrected chi connectivity index (χ2v) is 6.41. The van der Waals surface area contributed by atoms with Crippen LogP contribution in [0.3, 0.4) is 0 Å². The number of primary amides is 1. The maximum Gasteiger partial charge on any atom is 0.244 e. The lowest BCUT2D eigenvalue weighted by molar-refractivity contribution is -0.131. The van der Waals surface area contributed by atoms with Crippen molar-refractivity contribution in [1.29, 1.82) is 0 Å². The van der Waals surface area contributed by atoms with Crippen LogP contribution in [0, 0.1) is 18.8 Å². The van der Waals surface area contributed by atoms with Gasteiger partial charge in [-0.2, -0.15) is 5.10 Å². The van der Waals surface area contributed by atoms with E-state index >= 15 is 0 Å². The summed E-state index contributed by atoms with van der Waals surface area (Å²) in [5, 5.41) is 4.13. The number of amides is 2. The standard InChI is InChI=1S/C18H22N4O3/c1-13-7-20-22(8-13)11-17(23)21-9-14(16(10-21)18(19)24)12-25-15-5-3-2-4-6-15/h2-8,14,16H,9-12H2,1H3,(H2,19,24)/t14-,16+/m0/s1. The first kappa shape index (κ1) is 17.0. The molecule has 3 rings (SSSR count). The van der Waals surface area contributed by atoms with Crippen molar-refractivity contribution in [3.63, 3.8) is 0 Å². The molecule has 1 fully saturated rings. The van der Waals surface area contributed by atoms with E-state index in [-0.39, 0.29) is 18.4 Å². The third-order valence-corrected chi connectivity index (χ3v) is 4.43. The van der Waals surface area contributed by atoms with E-state index in [0.29, 0.717) is 19.7 Å². The van der Waals surface area contributed by atoms with Crippen LogP contribution in [0.15, 0.2) is 42.7 Å². The van der Waals surface area contributed by atoms with Crippen LogP contribution in [-0.4, -0.2) is 46.2 Å². The zero-order valence-electron chi connectivity index (χ0n) is 14.2. The molecule has 1 saturated heterocycles. The number of ether oxygens (including phenoxy) is 1. The molecule has 1 aliphatic heterocycles. The van der Waals surface area contributed by atoms with Gasteiger partial charge in [0.25, 0.3) is 0 Å². The van der Waals surface area contributed by atoms with Crippen molar-refractivity contribution < 1.29 is 14.3 Å². The number of likely N-dealkylation sites (tertiary alicyclic amines) is 1. The summed E-state index contributed by atoms with van der Waals surface area (Å²) < 4.78 is 7.36. The van der Waals surface area contributed by atoms with Crippen molar-refractivity contribution in [2.45, 2.75) is 13.5 Å². The van der Waals surface area contributed by atoms with Crippen LogP contribution in [0.1, 0.15) is 5.56 Å². The van der Waals surface area contributed by atoms with E-state index in [1.807, 2.05) is 43.5 Å². The summed E-state index contributed by atoms with van der Waals surface area (Å²) in [5.41, 5.74) is 6.52. The lowest BCUT2D eigenvalue weighted by Gasteiger charge is -2.17. The quantitative estimate of drug-likeness (QED) is 0.842. The van der Waals surface area contributed by atoms with Gasteiger partial charge in [0.05, 0.1) is 18.7 Å². The fourth-order valence-electron chi connectivity index (χ4n) is 3.08. The first-order valence-electron chi connectivity index (χ1n) is 8.27. The summed E-state index contributed by atoms with van der Waals surface area (Å²) in [7, 11) is 0. The summed E-state index contributed by atoms with van der Waals surface area (Å²) in [6.45, 7) is 3.22. The van der Waals surface area contributed by atoms with Gasteiger partial charge in [0.1, 0.15) is 12.3 Å². The first-order valence-corrected chi connectivity index (χ1v) is 8.27. The fraction of sp³-hybridized carbons (Fsp3) is 0.389. The van der Waals surface area contributed by atoms with Crippen LogP contribution in [0.5, 0.6) is 5.75 Å². The molecule has 2 heterocycles. The lowest BCUT2D eigenvalue weighted by atomic mass is 9.96. The van der Waals surface area contributed by atoms with E-state index in [4.69, 9.17) is 10.5 Å². The minimum absolute atomic E-state index is 0.0726. The Hall–Kier alpha value is -2.83. The fourth-order valence-corrected chi connectivity index (χ4v) is 3.08. The Balaban J connectivity index is 1.61. The Morgan fingerprint density at radius 3 is 2.68 bits per heavy atom. The van der Waals surface area contributed by atoms with Gasteiger partial charge in [0.15, 0.2) is 0 Å². The van der Waals surface area contributed by atoms with E-state index in [2.05, 4.69) is 5.10 Å². The van der Waals surface area contributed by atoms with Gasteiger partial charge in [-0.05, 0) is 24.6 Å². The molecule has 7 nitrogen and oxygen atoms in total. The summed E-state index contributed by atoms with van der Waals surface area (Å²) in [6, 6.07) is 9.40. The molecular formula is C18H22N4O3. The monoisotopic (exact) mass is 342 g/mol. The molecule has 0 spiro atoms. The molecule has 0 aliphatic carbocycles. The van der Waals surface area contributed by atoms with Gasteiger partial charge in [-0.15, -0.1) is 0 Å². The number of carbonyl (C=O) groups is 2. The molecule has 0 radical (unpaired) electrons. The van der Waals surface area contributed by atoms with Crippen molar-refractivity contribution >= 4 is 11.8 Å². The second kappa shape index (κ2) is 7.38. The maximum atomic E-state index is 12.5. The highest BCUT2D eigenvalue weighted by Crippen LogP contribution is 2.25. The molecule has 0 bridgehead atoms. The summed E-state index contributed by atoms with van der Waals surface area (Å²) >= 11 is 0. The number of hydrogen-bond acceptors (Lipinski definition) is 4. The SMILES string of the molecule is Cc1cnn(CC(=O)N2C[C@@H](COc3ccccc3)[C@H](C(N)=O)C2)c1. The van der Waals surface area contributed by atoms with E-state index in [9.17, 15) is 9.59 Å². The molecule has 132 valence electrons. The number of hydrogen-bond donors (Lipinski definition) is 1. The van der Waals surface area contributed by atoms with Crippen LogP contribution >= 0.6 is 0 Å². The van der Waals surface area contributed by atoms with Crippen molar-refractivity contribution in [3.8, 4) is 5.75 Å². The highest BCUT2D eigenvalue weighted by atomic mass is 16.5. The Morgan fingerprint density at radius 2 is 2.04 bits per heavy atom. The van der Waals surface area contributed by atoms with Gasteiger partial charge >= 0.3 is 0 Å². The van der Waals surface area contributed by atoms with Crippen molar-refractivity contribution in [1.82, 2.24) is 14.7 Å². The third-order valence-electron chi connectivity index (χ3n) is 4.43. The van der Waals surface area contributed by atoms with Crippen LogP contribution < -0.4 is 10.5 Å². The molecular weight excluding hydrogens is 320 g/mol. The predicted octanol–water partition coefficient (Wildman–Crippen LogP) is 0.830. The average Bonchev–Trinajstić information content (AvgIpc) is 3.20. The van der Waals surface area contributed by atoms with Crippen LogP contribution in [-0.2, 0) is 16.1 Å². The summed E-state index contributed by atoms with van der Waals surface area (Å²) in [4.78, 5) is 25.9. The molecule has 7 heteroatoms. The number of nitrogens with zero attached hydrogens (tertiary/aromatic N) is 3. The first-order chi connectivity index (χ1) is 12.0. The zero-order valence-corrected chi connectivity index (χ0v) is 14.2. The summed E-state index contributed by atoms with van der Waals surface area (Å²) in [5.74, 6) is -0.237. The topological polar surface area (TPSA) is 90.4 Å². The highest BCUT2D eigenvalue weighted by molar-refractivity contribution is 5.81. The molecule has 2 N–H and O–H groups in total. The molecule has 1 aliphatic rings. The minimum atomic E-state index is -0.396. The van der Waals surface area contributed by atoms with E-state index in [0.717, 1.165) is 11.3 Å². The molecule has 0 unspecified atom stereocenters. The van der Waals surface area contributed by atoms with E-state index < -0.39 is 11.8 Å². The van der Waals surface area contributed by atoms with Gasteiger partial charge < -0.3 is 15.4 Å². The zero-order chi connectivity index (χ0) is 17.8. The van der Waals surface area contributed by atoms with Crippen molar-refractivity contribution in [2.24, 2.45) is 17.6 Å². The van der Waals surface area contributed by atoms with Gasteiger partial charge in [-0.25, -0.2) is 0 Å². The molecule has 2 amide bonds. The number of carbonyl (C=O) groups excluding carboxylic acids is 2. The number of aromatic nitrogens is 2. The Bertz CT molecular complexity index is 744. The van der Waals surface area contributed by atoms with Gasteiger partial charge in [-0.1, -0.05) is 18.2 Å². The van der Waals surface area contributed by atoms with Gasteiger partial charge in [0, 0.05) is 25.2 Å². The Morgan fingerprint density at radius 1 is 1.28 bits per heavy atom.